The number of hydrogen-bond donors (Lipinski definition) is 5. The van der Waals surface area contributed by atoms with E-state index in [9.17, 15) is 14.4 Å². The van der Waals surface area contributed by atoms with E-state index in [2.05, 4.69) is 11.8 Å². The van der Waals surface area contributed by atoms with Crippen LogP contribution in [-0.2, 0) is 21.4 Å². The molecule has 0 aromatic rings. The lowest BCUT2D eigenvalue weighted by Crippen LogP contribution is -2.49. The van der Waals surface area contributed by atoms with Gasteiger partial charge in [0.1, 0.15) is 6.42 Å². The molecule has 80 valence electrons. The van der Waals surface area contributed by atoms with Crippen LogP contribution in [-0.4, -0.2) is 32.5 Å². The topological polar surface area (TPSA) is 136 Å². The van der Waals surface area contributed by atoms with Crippen LogP contribution in [0.2, 0.25) is 0 Å². The maximum absolute atomic E-state index is 10.3. The second-order valence-electron chi connectivity index (χ2n) is 2.12. The molecule has 1 fully saturated rings. The van der Waals surface area contributed by atoms with Crippen molar-refractivity contribution in [1.82, 2.24) is 10.6 Å². The molecule has 0 radical (unpaired) electrons. The van der Waals surface area contributed by atoms with E-state index in [1.165, 1.54) is 0 Å². The van der Waals surface area contributed by atoms with Gasteiger partial charge in [-0.05, 0) is 11.8 Å². The summed E-state index contributed by atoms with van der Waals surface area (Å²) in [6, 6.07) is -0.740. The molecular weight excluding hydrogens is 235 g/mol. The van der Waals surface area contributed by atoms with Crippen LogP contribution in [0.1, 0.15) is 6.42 Å². The molecule has 14 heavy (non-hydrogen) atoms. The van der Waals surface area contributed by atoms with Crippen LogP contribution in [0.5, 0.6) is 0 Å². The van der Waals surface area contributed by atoms with Gasteiger partial charge in [-0.3, -0.25) is 20.2 Å². The van der Waals surface area contributed by atoms with Gasteiger partial charge >= 0.3 is 12.7 Å². The highest BCUT2D eigenvalue weighted by Gasteiger charge is 2.20. The van der Waals surface area contributed by atoms with E-state index in [-0.39, 0.29) is 6.42 Å². The zero-order chi connectivity index (χ0) is 11.4. The maximum Gasteiger partial charge on any atom is 0.328 e. The third-order valence-electron chi connectivity index (χ3n) is 0.827. The number of carbonyl (C=O) groups excluding carboxylic acids is 3. The minimum atomic E-state index is -3.81. The molecule has 0 unspecified atom stereocenters. The lowest BCUT2D eigenvalue weighted by Gasteiger charge is -2.09. The summed E-state index contributed by atoms with van der Waals surface area (Å²) in [5, 5.41) is 3.80. The predicted octanol–water partition coefficient (Wildman–Crippen LogP) is -2.07. The van der Waals surface area contributed by atoms with Gasteiger partial charge in [-0.1, -0.05) is 0 Å². The number of barbiturate groups is 1. The van der Waals surface area contributed by atoms with Crippen molar-refractivity contribution in [3.8, 4) is 0 Å². The van der Waals surface area contributed by atoms with E-state index in [1.54, 1.807) is 0 Å². The van der Waals surface area contributed by atoms with Crippen LogP contribution in [0.4, 0.5) is 4.79 Å². The van der Waals surface area contributed by atoms with Crippen molar-refractivity contribution in [3.63, 3.8) is 0 Å². The fraction of sp³-hybridized carbons (Fsp3) is 0.250. The van der Waals surface area contributed by atoms with Crippen LogP contribution in [0, 0.1) is 0 Å². The van der Waals surface area contributed by atoms with Gasteiger partial charge in [0.2, 0.25) is 11.8 Å². The molecule has 0 bridgehead atoms. The van der Waals surface area contributed by atoms with Gasteiger partial charge in [-0.25, -0.2) is 4.79 Å². The Bertz CT molecular complexity index is 257. The Morgan fingerprint density at radius 2 is 1.36 bits per heavy atom. The molecule has 1 heterocycles. The molecule has 0 aromatic heterocycles. The molecule has 0 aromatic carbocycles. The summed E-state index contributed by atoms with van der Waals surface area (Å²) >= 11 is 3.60. The number of hydrogen-bond acceptors (Lipinski definition) is 4. The average Bonchev–Trinajstić information content (AvgIpc) is 1.77. The molecule has 0 saturated carbocycles. The number of carbonyl (C=O) groups is 3. The van der Waals surface area contributed by atoms with E-state index in [0.717, 1.165) is 0 Å². The maximum atomic E-state index is 10.3. The minimum Gasteiger partial charge on any atom is -0.325 e. The molecule has 0 spiro atoms. The quantitative estimate of drug-likeness (QED) is 0.243. The number of imide groups is 2. The average molecular weight is 242 g/mol. The first-order valence-electron chi connectivity index (χ1n) is 3.10. The first kappa shape index (κ1) is 13.1. The fourth-order valence-corrected chi connectivity index (χ4v) is 0.519. The summed E-state index contributed by atoms with van der Waals surface area (Å²) in [6.07, 6.45) is -0.258. The Kier molecular flexibility index (Phi) is 4.81. The van der Waals surface area contributed by atoms with Gasteiger partial charge in [0.25, 0.3) is 0 Å². The molecule has 8 nitrogen and oxygen atoms in total. The van der Waals surface area contributed by atoms with Crippen LogP contribution in [0.15, 0.2) is 0 Å². The fourth-order valence-electron chi connectivity index (χ4n) is 0.519. The normalized spacial score (nSPS) is 16.4. The zero-order valence-corrected chi connectivity index (χ0v) is 8.34. The van der Waals surface area contributed by atoms with Crippen molar-refractivity contribution in [3.05, 3.63) is 0 Å². The summed E-state index contributed by atoms with van der Waals surface area (Å²) in [7, 11) is 0. The predicted molar refractivity (Wildman–Crippen MR) is 47.2 cm³/mol. The molecule has 0 atom stereocenters. The molecule has 1 aliphatic heterocycles. The molecule has 1 rings (SSSR count). The summed E-state index contributed by atoms with van der Waals surface area (Å²) in [6.45, 7) is -3.81. The van der Waals surface area contributed by atoms with Crippen molar-refractivity contribution in [2.75, 3.05) is 0 Å². The van der Waals surface area contributed by atoms with E-state index < -0.39 is 24.6 Å². The van der Waals surface area contributed by atoms with Crippen molar-refractivity contribution >= 4 is 36.4 Å². The summed E-state index contributed by atoms with van der Waals surface area (Å²) in [4.78, 5) is 53.5. The van der Waals surface area contributed by atoms with E-state index >= 15 is 0 Å². The number of nitrogens with one attached hydrogen (secondary N) is 2. The highest BCUT2D eigenvalue weighted by Crippen LogP contribution is 2.26. The van der Waals surface area contributed by atoms with E-state index in [1.807, 2.05) is 10.6 Å². The first-order chi connectivity index (χ1) is 6.18. The Labute approximate surface area is 83.2 Å². The molecule has 10 heteroatoms. The smallest absolute Gasteiger partial charge is 0.325 e. The van der Waals surface area contributed by atoms with Crippen LogP contribution >= 0.6 is 6.72 Å². The Morgan fingerprint density at radius 1 is 1.07 bits per heavy atom. The summed E-state index contributed by atoms with van der Waals surface area (Å²) < 4.78 is 0. The second-order valence-corrected chi connectivity index (χ2v) is 4.61. The molecule has 1 aliphatic rings. The summed E-state index contributed by atoms with van der Waals surface area (Å²) in [5.41, 5.74) is 0. The highest BCUT2D eigenvalue weighted by atomic mass is 32.5. The van der Waals surface area contributed by atoms with Crippen molar-refractivity contribution in [1.29, 1.82) is 0 Å². The monoisotopic (exact) mass is 242 g/mol. The molecule has 1 saturated heterocycles. The highest BCUT2D eigenvalue weighted by molar-refractivity contribution is 8.06. The van der Waals surface area contributed by atoms with Gasteiger partial charge < -0.3 is 14.7 Å². The molecule has 4 amide bonds. The number of rotatable bonds is 0. The second kappa shape index (κ2) is 5.13. The Morgan fingerprint density at radius 3 is 1.57 bits per heavy atom. The lowest BCUT2D eigenvalue weighted by atomic mass is 10.3. The van der Waals surface area contributed by atoms with Gasteiger partial charge in [-0.15, -0.1) is 0 Å². The van der Waals surface area contributed by atoms with Crippen molar-refractivity contribution in [2.45, 2.75) is 6.42 Å². The van der Waals surface area contributed by atoms with Gasteiger partial charge in [0.05, 0.1) is 0 Å². The van der Waals surface area contributed by atoms with Gasteiger partial charge in [-0.2, -0.15) is 0 Å². The SMILES string of the molecule is O=C1CC(=O)NC(=O)N1.OP(O)(O)=S. The third-order valence-corrected chi connectivity index (χ3v) is 0.827. The number of amides is 4. The Balaban J connectivity index is 0.000000292. The summed E-state index contributed by atoms with van der Waals surface area (Å²) in [5.74, 6) is -1.10. The molecule has 0 aliphatic carbocycles. The lowest BCUT2D eigenvalue weighted by molar-refractivity contribution is -0.129. The minimum absolute atomic E-state index is 0.258. The standard InChI is InChI=1S/C4H4N2O3.H3O3PS/c7-2-1-3(8)6-4(9)5-2;1-4(2,3)5/h1H2,(H2,5,6,7,8,9);(H3,1,2,3,5). The molecular formula is C4H7N2O6PS. The first-order valence-corrected chi connectivity index (χ1v) is 5.76. The van der Waals surface area contributed by atoms with Gasteiger partial charge in [0.15, 0.2) is 0 Å². The van der Waals surface area contributed by atoms with Crippen molar-refractivity contribution < 1.29 is 29.1 Å². The van der Waals surface area contributed by atoms with Crippen LogP contribution < -0.4 is 10.6 Å². The van der Waals surface area contributed by atoms with Gasteiger partial charge in [0, 0.05) is 0 Å². The van der Waals surface area contributed by atoms with Crippen LogP contribution in [0.3, 0.4) is 0 Å². The largest absolute Gasteiger partial charge is 0.328 e. The van der Waals surface area contributed by atoms with E-state index in [0.29, 0.717) is 0 Å². The zero-order valence-electron chi connectivity index (χ0n) is 6.63. The van der Waals surface area contributed by atoms with Crippen LogP contribution in [0.25, 0.3) is 0 Å². The third kappa shape index (κ3) is 9.23. The van der Waals surface area contributed by atoms with E-state index in [4.69, 9.17) is 14.7 Å². The van der Waals surface area contributed by atoms with Crippen molar-refractivity contribution in [2.24, 2.45) is 0 Å². The Hall–Kier alpha value is -0.860. The number of urea groups is 1. The molecule has 5 N–H and O–H groups in total.